The van der Waals surface area contributed by atoms with E-state index in [4.69, 9.17) is 0 Å². The number of carbonyl (C=O) groups excluding carboxylic acids is 1. The van der Waals surface area contributed by atoms with Crippen molar-refractivity contribution < 1.29 is 4.79 Å². The van der Waals surface area contributed by atoms with E-state index in [1.165, 1.54) is 4.90 Å². The van der Waals surface area contributed by atoms with E-state index >= 15 is 0 Å². The minimum absolute atomic E-state index is 0.0281. The molecule has 0 heterocycles. The smallest absolute Gasteiger partial charge is 0.131 e. The lowest BCUT2D eigenvalue weighted by molar-refractivity contribution is -0.117. The van der Waals surface area contributed by atoms with Gasteiger partial charge in [-0.25, -0.2) is 0 Å². The summed E-state index contributed by atoms with van der Waals surface area (Å²) in [6.07, 6.45) is 0.605. The molecule has 1 aromatic carbocycles. The van der Waals surface area contributed by atoms with E-state index in [-0.39, 0.29) is 10.5 Å². The van der Waals surface area contributed by atoms with Gasteiger partial charge in [0.2, 0.25) is 0 Å². The Hall–Kier alpha value is -0.280. The van der Waals surface area contributed by atoms with Crippen LogP contribution < -0.4 is 0 Å². The molecule has 0 radical (unpaired) electrons. The molecule has 0 bridgehead atoms. The third kappa shape index (κ3) is 4.85. The molecule has 0 aromatic heterocycles. The summed E-state index contributed by atoms with van der Waals surface area (Å²) in [5.74, 6) is 0.240. The van der Waals surface area contributed by atoms with Crippen LogP contribution in [-0.4, -0.2) is 10.5 Å². The number of hydrogen-bond acceptors (Lipinski definition) is 2. The molecule has 0 aliphatic heterocycles. The Morgan fingerprint density at radius 1 is 1.33 bits per heavy atom. The van der Waals surface area contributed by atoms with Gasteiger partial charge < -0.3 is 0 Å². The van der Waals surface area contributed by atoms with Gasteiger partial charge in [0.15, 0.2) is 0 Å². The average molecular weight is 287 g/mol. The molecule has 0 aliphatic rings. The van der Waals surface area contributed by atoms with E-state index in [1.54, 1.807) is 18.7 Å². The molecule has 0 fully saturated rings. The maximum Gasteiger partial charge on any atom is 0.131 e. The molecule has 1 aromatic rings. The highest BCUT2D eigenvalue weighted by molar-refractivity contribution is 9.10. The third-order valence-corrected chi connectivity index (χ3v) is 3.62. The summed E-state index contributed by atoms with van der Waals surface area (Å²) in [7, 11) is 0. The fourth-order valence-electron chi connectivity index (χ4n) is 1.46. The zero-order valence-corrected chi connectivity index (χ0v) is 11.6. The van der Waals surface area contributed by atoms with Gasteiger partial charge >= 0.3 is 0 Å². The van der Waals surface area contributed by atoms with Crippen LogP contribution in [0.5, 0.6) is 0 Å². The third-order valence-electron chi connectivity index (χ3n) is 1.88. The van der Waals surface area contributed by atoms with Crippen LogP contribution in [0.1, 0.15) is 27.2 Å². The molecule has 0 unspecified atom stereocenters. The minimum atomic E-state index is -0.0281. The van der Waals surface area contributed by atoms with E-state index in [2.05, 4.69) is 41.9 Å². The Morgan fingerprint density at radius 2 is 1.87 bits per heavy atom. The van der Waals surface area contributed by atoms with Crippen LogP contribution >= 0.6 is 27.7 Å². The normalized spacial score (nSPS) is 11.5. The van der Waals surface area contributed by atoms with E-state index in [0.717, 1.165) is 4.47 Å². The Kier molecular flexibility index (Phi) is 4.41. The summed E-state index contributed by atoms with van der Waals surface area (Å²) in [6, 6.07) is 8.17. The number of hydrogen-bond donors (Lipinski definition) is 0. The molecule has 0 atom stereocenters. The summed E-state index contributed by atoms with van der Waals surface area (Å²) in [5.41, 5.74) is 0. The number of benzene rings is 1. The maximum atomic E-state index is 11.1. The van der Waals surface area contributed by atoms with E-state index in [0.29, 0.717) is 6.42 Å². The first-order valence-corrected chi connectivity index (χ1v) is 6.44. The van der Waals surface area contributed by atoms with Crippen molar-refractivity contribution in [2.75, 3.05) is 0 Å². The zero-order chi connectivity index (χ0) is 11.5. The van der Waals surface area contributed by atoms with E-state index < -0.39 is 0 Å². The van der Waals surface area contributed by atoms with Crippen molar-refractivity contribution in [2.24, 2.45) is 0 Å². The lowest BCUT2D eigenvalue weighted by atomic mass is 10.1. The van der Waals surface area contributed by atoms with Gasteiger partial charge in [-0.3, -0.25) is 4.79 Å². The van der Waals surface area contributed by atoms with Gasteiger partial charge in [0, 0.05) is 20.5 Å². The highest BCUT2D eigenvalue weighted by Gasteiger charge is 2.21. The molecular weight excluding hydrogens is 272 g/mol. The van der Waals surface area contributed by atoms with Crippen LogP contribution in [0.3, 0.4) is 0 Å². The molecular formula is C12H15BrOS. The van der Waals surface area contributed by atoms with Crippen molar-refractivity contribution in [2.45, 2.75) is 36.8 Å². The van der Waals surface area contributed by atoms with Crippen molar-refractivity contribution in [1.29, 1.82) is 0 Å². The van der Waals surface area contributed by atoms with Gasteiger partial charge in [0.05, 0.1) is 0 Å². The lowest BCUT2D eigenvalue weighted by Gasteiger charge is -2.22. The van der Waals surface area contributed by atoms with Crippen molar-refractivity contribution in [3.05, 3.63) is 28.7 Å². The van der Waals surface area contributed by atoms with Crippen LogP contribution in [0.25, 0.3) is 0 Å². The molecule has 0 saturated heterocycles. The first-order valence-electron chi connectivity index (χ1n) is 4.83. The average Bonchev–Trinajstić information content (AvgIpc) is 2.06. The molecule has 15 heavy (non-hydrogen) atoms. The number of halogens is 1. The Balaban J connectivity index is 2.68. The monoisotopic (exact) mass is 286 g/mol. The second-order valence-electron chi connectivity index (χ2n) is 4.19. The van der Waals surface area contributed by atoms with Gasteiger partial charge in [0.1, 0.15) is 5.78 Å². The fourth-order valence-corrected chi connectivity index (χ4v) is 2.91. The SMILES string of the molecule is CC(=O)CC(C)(C)Sc1ccc(Br)cc1. The van der Waals surface area contributed by atoms with Crippen molar-refractivity contribution >= 4 is 33.5 Å². The van der Waals surface area contributed by atoms with Crippen LogP contribution in [-0.2, 0) is 4.79 Å². The number of ketones is 1. The number of Topliss-reactive ketones (excluding diaryl/α,β-unsaturated/α-hetero) is 1. The molecule has 3 heteroatoms. The summed E-state index contributed by atoms with van der Waals surface area (Å²) in [6.45, 7) is 5.84. The van der Waals surface area contributed by atoms with Crippen LogP contribution in [0.15, 0.2) is 33.6 Å². The summed E-state index contributed by atoms with van der Waals surface area (Å²) < 4.78 is 1.05. The van der Waals surface area contributed by atoms with Crippen molar-refractivity contribution in [3.63, 3.8) is 0 Å². The van der Waals surface area contributed by atoms with Crippen LogP contribution in [0.4, 0.5) is 0 Å². The minimum Gasteiger partial charge on any atom is -0.300 e. The Morgan fingerprint density at radius 3 is 2.33 bits per heavy atom. The Labute approximate surface area is 104 Å². The first-order chi connectivity index (χ1) is 6.89. The molecule has 1 rings (SSSR count). The van der Waals surface area contributed by atoms with Gasteiger partial charge in [-0.1, -0.05) is 15.9 Å². The quantitative estimate of drug-likeness (QED) is 0.768. The predicted molar refractivity (Wildman–Crippen MR) is 69.4 cm³/mol. The first kappa shape index (κ1) is 12.8. The maximum absolute atomic E-state index is 11.1. The van der Waals surface area contributed by atoms with E-state index in [9.17, 15) is 4.79 Å². The van der Waals surface area contributed by atoms with Gasteiger partial charge in [-0.05, 0) is 45.0 Å². The molecule has 0 spiro atoms. The van der Waals surface area contributed by atoms with Gasteiger partial charge in [0.25, 0.3) is 0 Å². The number of rotatable bonds is 4. The molecule has 1 nitrogen and oxygen atoms in total. The number of carbonyl (C=O) groups is 1. The van der Waals surface area contributed by atoms with Gasteiger partial charge in [-0.2, -0.15) is 0 Å². The lowest BCUT2D eigenvalue weighted by Crippen LogP contribution is -2.18. The highest BCUT2D eigenvalue weighted by Crippen LogP contribution is 2.35. The van der Waals surface area contributed by atoms with Crippen LogP contribution in [0.2, 0.25) is 0 Å². The largest absolute Gasteiger partial charge is 0.300 e. The van der Waals surface area contributed by atoms with Crippen molar-refractivity contribution in [1.82, 2.24) is 0 Å². The summed E-state index contributed by atoms with van der Waals surface area (Å²) >= 11 is 5.14. The zero-order valence-electron chi connectivity index (χ0n) is 9.21. The molecule has 0 saturated carbocycles. The molecule has 0 amide bonds. The van der Waals surface area contributed by atoms with Gasteiger partial charge in [-0.15, -0.1) is 11.8 Å². The summed E-state index contributed by atoms with van der Waals surface area (Å²) in [4.78, 5) is 12.3. The summed E-state index contributed by atoms with van der Waals surface area (Å²) in [5, 5.41) is 0. The molecule has 82 valence electrons. The molecule has 0 N–H and O–H groups in total. The second-order valence-corrected chi connectivity index (χ2v) is 6.89. The highest BCUT2D eigenvalue weighted by atomic mass is 79.9. The molecule has 0 aliphatic carbocycles. The fraction of sp³-hybridized carbons (Fsp3) is 0.417. The topological polar surface area (TPSA) is 17.1 Å². The predicted octanol–water partition coefficient (Wildman–Crippen LogP) is 4.30. The van der Waals surface area contributed by atoms with E-state index in [1.807, 2.05) is 12.1 Å². The van der Waals surface area contributed by atoms with Crippen LogP contribution in [0, 0.1) is 0 Å². The standard InChI is InChI=1S/C12H15BrOS/c1-9(14)8-12(2,3)15-11-6-4-10(13)5-7-11/h4-7H,8H2,1-3H3. The second kappa shape index (κ2) is 5.17. The Bertz CT molecular complexity index is 343. The van der Waals surface area contributed by atoms with Crippen molar-refractivity contribution in [3.8, 4) is 0 Å². The number of thioether (sulfide) groups is 1.